The average Bonchev–Trinajstić information content (AvgIpc) is 2.70. The van der Waals surface area contributed by atoms with Crippen LogP contribution in [0.2, 0.25) is 0 Å². The molecule has 0 saturated heterocycles. The van der Waals surface area contributed by atoms with Crippen LogP contribution in [0.15, 0.2) is 60.8 Å². The molecular formula is C22H21N3O2. The van der Waals surface area contributed by atoms with Gasteiger partial charge in [-0.25, -0.2) is 0 Å². The topological polar surface area (TPSA) is 54.5 Å². The monoisotopic (exact) mass is 359 g/mol. The maximum absolute atomic E-state index is 12.2. The Balaban J connectivity index is 1.51. The number of ether oxygens (including phenoxy) is 1. The van der Waals surface area contributed by atoms with Crippen LogP contribution in [0.3, 0.4) is 0 Å². The van der Waals surface area contributed by atoms with Crippen LogP contribution in [0.25, 0.3) is 10.9 Å². The van der Waals surface area contributed by atoms with Gasteiger partial charge in [0.2, 0.25) is 0 Å². The largest absolute Gasteiger partial charge is 0.479 e. The highest BCUT2D eigenvalue weighted by atomic mass is 16.5. The molecule has 0 aliphatic heterocycles. The number of nitrogens with one attached hydrogen (secondary N) is 1. The van der Waals surface area contributed by atoms with Gasteiger partial charge in [-0.05, 0) is 30.3 Å². The molecule has 0 radical (unpaired) electrons. The number of benzene rings is 2. The second-order valence-corrected chi connectivity index (χ2v) is 6.10. The summed E-state index contributed by atoms with van der Waals surface area (Å²) in [4.78, 5) is 18.5. The highest BCUT2D eigenvalue weighted by Crippen LogP contribution is 2.22. The second kappa shape index (κ2) is 8.72. The third-order valence-corrected chi connectivity index (χ3v) is 3.98. The van der Waals surface area contributed by atoms with Gasteiger partial charge >= 0.3 is 0 Å². The van der Waals surface area contributed by atoms with Crippen molar-refractivity contribution >= 4 is 22.5 Å². The molecule has 0 aliphatic rings. The first kappa shape index (κ1) is 18.3. The van der Waals surface area contributed by atoms with Crippen molar-refractivity contribution < 1.29 is 9.53 Å². The van der Waals surface area contributed by atoms with Crippen LogP contribution in [0, 0.1) is 11.8 Å². The summed E-state index contributed by atoms with van der Waals surface area (Å²) in [5.41, 5.74) is 2.41. The van der Waals surface area contributed by atoms with Crippen LogP contribution < -0.4 is 15.0 Å². The van der Waals surface area contributed by atoms with Gasteiger partial charge in [-0.15, -0.1) is 0 Å². The summed E-state index contributed by atoms with van der Waals surface area (Å²) in [7, 11) is 3.88. The molecule has 1 aromatic heterocycles. The van der Waals surface area contributed by atoms with Gasteiger partial charge in [0.05, 0.1) is 6.54 Å². The number of hydrogen-bond acceptors (Lipinski definition) is 4. The molecule has 1 amide bonds. The number of fused-ring (bicyclic) bond motifs is 1. The zero-order valence-corrected chi connectivity index (χ0v) is 15.4. The number of rotatable bonds is 5. The minimum atomic E-state index is -0.146. The number of anilines is 1. The van der Waals surface area contributed by atoms with Gasteiger partial charge in [0.15, 0.2) is 0 Å². The van der Waals surface area contributed by atoms with Crippen LogP contribution >= 0.6 is 0 Å². The molecule has 1 heterocycles. The summed E-state index contributed by atoms with van der Waals surface area (Å²) in [5, 5.41) is 3.82. The third-order valence-electron chi connectivity index (χ3n) is 3.98. The predicted molar refractivity (Wildman–Crippen MR) is 108 cm³/mol. The molecule has 3 rings (SSSR count). The van der Waals surface area contributed by atoms with Crippen LogP contribution in [-0.4, -0.2) is 38.1 Å². The maximum atomic E-state index is 12.2. The Morgan fingerprint density at radius 1 is 1.11 bits per heavy atom. The van der Waals surface area contributed by atoms with Crippen molar-refractivity contribution in [2.45, 2.75) is 0 Å². The molecular weight excluding hydrogens is 338 g/mol. The molecule has 0 aliphatic carbocycles. The normalized spacial score (nSPS) is 10.0. The zero-order valence-electron chi connectivity index (χ0n) is 15.4. The van der Waals surface area contributed by atoms with Crippen molar-refractivity contribution in [1.82, 2.24) is 10.3 Å². The molecule has 136 valence electrons. The summed E-state index contributed by atoms with van der Waals surface area (Å²) in [6.45, 7) is 0.504. The molecule has 0 spiro atoms. The SMILES string of the molecule is CN(C)c1cccc(C(=O)NCC#CCOc2cccc3cccnc23)c1. The lowest BCUT2D eigenvalue weighted by Gasteiger charge is -2.13. The smallest absolute Gasteiger partial charge is 0.252 e. The molecule has 3 aromatic rings. The van der Waals surface area contributed by atoms with E-state index in [1.807, 2.05) is 67.5 Å². The number of carbonyl (C=O) groups excluding carboxylic acids is 1. The first-order valence-electron chi connectivity index (χ1n) is 8.63. The van der Waals surface area contributed by atoms with Crippen molar-refractivity contribution in [2.24, 2.45) is 0 Å². The number of pyridine rings is 1. The van der Waals surface area contributed by atoms with Crippen molar-refractivity contribution in [1.29, 1.82) is 0 Å². The van der Waals surface area contributed by atoms with Gasteiger partial charge in [-0.2, -0.15) is 0 Å². The Morgan fingerprint density at radius 2 is 1.93 bits per heavy atom. The first-order chi connectivity index (χ1) is 13.1. The zero-order chi connectivity index (χ0) is 19.1. The summed E-state index contributed by atoms with van der Waals surface area (Å²) in [6, 6.07) is 17.1. The lowest BCUT2D eigenvalue weighted by atomic mass is 10.2. The van der Waals surface area contributed by atoms with E-state index < -0.39 is 0 Å². The number of hydrogen-bond donors (Lipinski definition) is 1. The van der Waals surface area contributed by atoms with Gasteiger partial charge < -0.3 is 15.0 Å². The second-order valence-electron chi connectivity index (χ2n) is 6.10. The minimum Gasteiger partial charge on any atom is -0.479 e. The molecule has 1 N–H and O–H groups in total. The highest BCUT2D eigenvalue weighted by Gasteiger charge is 2.05. The average molecular weight is 359 g/mol. The van der Waals surface area contributed by atoms with E-state index >= 15 is 0 Å². The van der Waals surface area contributed by atoms with Gasteiger partial charge in [0.25, 0.3) is 5.91 Å². The van der Waals surface area contributed by atoms with Crippen molar-refractivity contribution in [3.63, 3.8) is 0 Å². The summed E-state index contributed by atoms with van der Waals surface area (Å²) < 4.78 is 5.70. The van der Waals surface area contributed by atoms with E-state index in [1.165, 1.54) is 0 Å². The van der Waals surface area contributed by atoms with E-state index in [1.54, 1.807) is 12.3 Å². The van der Waals surface area contributed by atoms with E-state index in [0.717, 1.165) is 16.6 Å². The molecule has 0 unspecified atom stereocenters. The Hall–Kier alpha value is -3.52. The van der Waals surface area contributed by atoms with Crippen molar-refractivity contribution in [2.75, 3.05) is 32.1 Å². The van der Waals surface area contributed by atoms with E-state index in [4.69, 9.17) is 4.74 Å². The van der Waals surface area contributed by atoms with Gasteiger partial charge in [-0.1, -0.05) is 36.1 Å². The number of aromatic nitrogens is 1. The van der Waals surface area contributed by atoms with E-state index in [0.29, 0.717) is 11.3 Å². The fourth-order valence-electron chi connectivity index (χ4n) is 2.57. The van der Waals surface area contributed by atoms with Crippen molar-refractivity contribution in [3.05, 3.63) is 66.4 Å². The number of amides is 1. The van der Waals surface area contributed by atoms with Gasteiger partial charge in [-0.3, -0.25) is 9.78 Å². The quantitative estimate of drug-likeness (QED) is 0.711. The molecule has 27 heavy (non-hydrogen) atoms. The first-order valence-corrected chi connectivity index (χ1v) is 8.63. The van der Waals surface area contributed by atoms with Crippen LogP contribution in [0.4, 0.5) is 5.69 Å². The van der Waals surface area contributed by atoms with E-state index in [9.17, 15) is 4.79 Å². The predicted octanol–water partition coefficient (Wildman–Crippen LogP) is 3.11. The molecule has 2 aromatic carbocycles. The summed E-state index contributed by atoms with van der Waals surface area (Å²) >= 11 is 0. The Bertz CT molecular complexity index is 998. The molecule has 0 saturated carbocycles. The van der Waals surface area contributed by atoms with Gasteiger partial charge in [0.1, 0.15) is 17.9 Å². The third kappa shape index (κ3) is 4.77. The number of para-hydroxylation sites is 1. The lowest BCUT2D eigenvalue weighted by molar-refractivity contribution is 0.0958. The number of carbonyl (C=O) groups is 1. The fraction of sp³-hybridized carbons (Fsp3) is 0.182. The highest BCUT2D eigenvalue weighted by molar-refractivity contribution is 5.95. The molecule has 5 nitrogen and oxygen atoms in total. The molecule has 5 heteroatoms. The fourth-order valence-corrected chi connectivity index (χ4v) is 2.57. The summed E-state index contributed by atoms with van der Waals surface area (Å²) in [5.74, 6) is 6.37. The molecule has 0 fully saturated rings. The Labute approximate surface area is 159 Å². The molecule has 0 atom stereocenters. The van der Waals surface area contributed by atoms with Crippen molar-refractivity contribution in [3.8, 4) is 17.6 Å². The lowest BCUT2D eigenvalue weighted by Crippen LogP contribution is -2.24. The maximum Gasteiger partial charge on any atom is 0.252 e. The Kier molecular flexibility index (Phi) is 5.91. The van der Waals surface area contributed by atoms with Crippen LogP contribution in [0.5, 0.6) is 5.75 Å². The van der Waals surface area contributed by atoms with Crippen LogP contribution in [0.1, 0.15) is 10.4 Å². The minimum absolute atomic E-state index is 0.146. The van der Waals surface area contributed by atoms with Gasteiger partial charge in [0, 0.05) is 36.9 Å². The van der Waals surface area contributed by atoms with E-state index in [-0.39, 0.29) is 19.1 Å². The van der Waals surface area contributed by atoms with E-state index in [2.05, 4.69) is 22.1 Å². The molecule has 0 bridgehead atoms. The summed E-state index contributed by atoms with van der Waals surface area (Å²) in [6.07, 6.45) is 1.74. The standard InChI is InChI=1S/C22H21N3O2/c1-25(2)19-11-5-9-18(16-19)22(26)24-13-3-4-15-27-20-12-6-8-17-10-7-14-23-21(17)20/h5-12,14,16H,13,15H2,1-2H3,(H,24,26). The van der Waals surface area contributed by atoms with Crippen LogP contribution in [-0.2, 0) is 0 Å². The number of nitrogens with zero attached hydrogens (tertiary/aromatic N) is 2. The Morgan fingerprint density at radius 3 is 2.78 bits per heavy atom.